The van der Waals surface area contributed by atoms with Crippen LogP contribution in [0.3, 0.4) is 0 Å². The van der Waals surface area contributed by atoms with Gasteiger partial charge in [-0.05, 0) is 29.8 Å². The highest BCUT2D eigenvalue weighted by Crippen LogP contribution is 2.12. The van der Waals surface area contributed by atoms with Crippen LogP contribution >= 0.6 is 0 Å². The molecular weight excluding hydrogens is 222 g/mol. The molecule has 0 spiro atoms. The van der Waals surface area contributed by atoms with Gasteiger partial charge in [-0.2, -0.15) is 0 Å². The Bertz CT molecular complexity index is 454. The van der Waals surface area contributed by atoms with Gasteiger partial charge >= 0.3 is 0 Å². The second kappa shape index (κ2) is 4.13. The molecule has 8 heteroatoms. The maximum Gasteiger partial charge on any atom is 0.178 e. The molecule has 0 bridgehead atoms. The summed E-state index contributed by atoms with van der Waals surface area (Å²) in [5, 5.41) is 9.18. The third-order valence-corrected chi connectivity index (χ3v) is 2.70. The summed E-state index contributed by atoms with van der Waals surface area (Å²) in [6.07, 6.45) is 1.09. The Labute approximate surface area is 86.1 Å². The third-order valence-electron chi connectivity index (χ3n) is 1.57. The topological polar surface area (TPSA) is 101 Å². The normalized spacial score (nSPS) is 10.7. The van der Waals surface area contributed by atoms with Gasteiger partial charge in [-0.1, -0.05) is 0 Å². The Hall–Kier alpha value is -1.83. The van der Waals surface area contributed by atoms with Gasteiger partial charge in [0.2, 0.25) is 0 Å². The smallest absolute Gasteiger partial charge is 0.178 e. The van der Waals surface area contributed by atoms with Crippen molar-refractivity contribution in [3.63, 3.8) is 0 Å². The van der Waals surface area contributed by atoms with E-state index in [9.17, 15) is 18.5 Å². The Morgan fingerprint density at radius 2 is 1.80 bits per heavy atom. The van der Waals surface area contributed by atoms with Crippen LogP contribution < -0.4 is 11.0 Å². The maximum atomic E-state index is 11.1. The molecule has 0 atom stereocenters. The minimum Gasteiger partial charge on any atom is -0.248 e. The lowest BCUT2D eigenvalue weighted by molar-refractivity contribution is -0.538. The molecule has 1 rings (SSSR count). The quantitative estimate of drug-likeness (QED) is 0.567. The van der Waals surface area contributed by atoms with Crippen molar-refractivity contribution in [3.05, 3.63) is 34.4 Å². The second-order valence-corrected chi connectivity index (χ2v) is 4.81. The molecule has 1 aromatic rings. The average molecular weight is 231 g/mol. The molecule has 15 heavy (non-hydrogen) atoms. The van der Waals surface area contributed by atoms with E-state index in [1.807, 2.05) is 0 Å². The number of nitrogens with zero attached hydrogens (tertiary/aromatic N) is 1. The largest absolute Gasteiger partial charge is 0.248 e. The predicted molar refractivity (Wildman–Crippen MR) is 53.3 cm³/mol. The highest BCUT2D eigenvalue weighted by molar-refractivity contribution is 7.90. The molecular formula is C7H9N3O4S. The first kappa shape index (κ1) is 11.2. The molecule has 82 valence electrons. The van der Waals surface area contributed by atoms with E-state index in [0.717, 1.165) is 6.26 Å². The lowest BCUT2D eigenvalue weighted by Gasteiger charge is -2.03. The first-order valence-electron chi connectivity index (χ1n) is 3.86. The highest BCUT2D eigenvalue weighted by Gasteiger charge is 2.05. The van der Waals surface area contributed by atoms with Crippen LogP contribution in [0.4, 0.5) is 5.69 Å². The molecule has 0 aliphatic carbocycles. The van der Waals surface area contributed by atoms with E-state index in [0.29, 0.717) is 5.69 Å². The van der Waals surface area contributed by atoms with Crippen molar-refractivity contribution in [1.29, 1.82) is 0 Å². The minimum atomic E-state index is -3.23. The molecule has 0 radical (unpaired) electrons. The second-order valence-electron chi connectivity index (χ2n) is 2.79. The van der Waals surface area contributed by atoms with E-state index in [4.69, 9.17) is 0 Å². The average Bonchev–Trinajstić information content (AvgIpc) is 2.14. The van der Waals surface area contributed by atoms with Crippen molar-refractivity contribution in [2.75, 3.05) is 11.7 Å². The molecule has 0 amide bonds. The van der Waals surface area contributed by atoms with E-state index in [1.165, 1.54) is 24.3 Å². The Morgan fingerprint density at radius 3 is 2.20 bits per heavy atom. The zero-order chi connectivity index (χ0) is 11.5. The minimum absolute atomic E-state index is 0.161. The van der Waals surface area contributed by atoms with Crippen molar-refractivity contribution in [2.24, 2.45) is 0 Å². The van der Waals surface area contributed by atoms with Crippen molar-refractivity contribution in [2.45, 2.75) is 4.90 Å². The number of nitrogens with one attached hydrogen (secondary N) is 2. The fourth-order valence-electron chi connectivity index (χ4n) is 0.896. The van der Waals surface area contributed by atoms with Crippen LogP contribution in [0.5, 0.6) is 0 Å². The molecule has 7 nitrogen and oxygen atoms in total. The van der Waals surface area contributed by atoms with E-state index in [-0.39, 0.29) is 4.90 Å². The summed E-state index contributed by atoms with van der Waals surface area (Å²) >= 11 is 0. The van der Waals surface area contributed by atoms with Gasteiger partial charge in [-0.25, -0.2) is 24.0 Å². The lowest BCUT2D eigenvalue weighted by Crippen LogP contribution is -2.27. The summed E-state index contributed by atoms with van der Waals surface area (Å²) in [4.78, 5) is 10.1. The molecule has 0 aromatic heterocycles. The van der Waals surface area contributed by atoms with E-state index < -0.39 is 14.9 Å². The SMILES string of the molecule is CS(=O)(=O)c1ccc(NN[N+](=O)[O-])cc1. The zero-order valence-electron chi connectivity index (χ0n) is 7.80. The van der Waals surface area contributed by atoms with Gasteiger partial charge in [0.25, 0.3) is 0 Å². The summed E-state index contributed by atoms with van der Waals surface area (Å²) in [6.45, 7) is 0. The molecule has 2 N–H and O–H groups in total. The first-order chi connectivity index (χ1) is 6.89. The Morgan fingerprint density at radius 1 is 1.27 bits per heavy atom. The molecule has 0 saturated carbocycles. The van der Waals surface area contributed by atoms with Crippen LogP contribution in [0.25, 0.3) is 0 Å². The van der Waals surface area contributed by atoms with Crippen molar-refractivity contribution in [3.8, 4) is 0 Å². The number of hydrogen-bond donors (Lipinski definition) is 2. The first-order valence-corrected chi connectivity index (χ1v) is 5.75. The Balaban J connectivity index is 2.77. The number of hydrazine groups is 2. The van der Waals surface area contributed by atoms with Gasteiger partial charge in [0.1, 0.15) is 0 Å². The van der Waals surface area contributed by atoms with Crippen LogP contribution in [0.15, 0.2) is 29.2 Å². The van der Waals surface area contributed by atoms with E-state index >= 15 is 0 Å². The van der Waals surface area contributed by atoms with Gasteiger partial charge in [-0.3, -0.25) is 0 Å². The van der Waals surface area contributed by atoms with Crippen molar-refractivity contribution in [1.82, 2.24) is 5.53 Å². The number of sulfone groups is 1. The fraction of sp³-hybridized carbons (Fsp3) is 0.143. The van der Waals surface area contributed by atoms with Gasteiger partial charge in [0.05, 0.1) is 10.6 Å². The standard InChI is InChI=1S/C7H9N3O4S/c1-15(13,14)7-4-2-6(3-5-7)8-9-10(11)12/h2-5,8-9H,1H3. The van der Waals surface area contributed by atoms with Crippen molar-refractivity contribution >= 4 is 15.5 Å². The third kappa shape index (κ3) is 3.43. The van der Waals surface area contributed by atoms with Crippen LogP contribution in [0, 0.1) is 10.1 Å². The van der Waals surface area contributed by atoms with Gasteiger partial charge in [-0.15, -0.1) is 0 Å². The highest BCUT2D eigenvalue weighted by atomic mass is 32.2. The summed E-state index contributed by atoms with van der Waals surface area (Å²) < 4.78 is 22.1. The fourth-order valence-corrected chi connectivity index (χ4v) is 1.53. The molecule has 0 aliphatic heterocycles. The number of nitro groups is 1. The molecule has 0 fully saturated rings. The summed E-state index contributed by atoms with van der Waals surface area (Å²) in [5.41, 5.74) is 4.42. The van der Waals surface area contributed by atoms with Crippen LogP contribution in [-0.2, 0) is 9.84 Å². The van der Waals surface area contributed by atoms with E-state index in [1.54, 1.807) is 5.53 Å². The molecule has 0 saturated heterocycles. The molecule has 0 unspecified atom stereocenters. The van der Waals surface area contributed by atoms with Crippen LogP contribution in [-0.4, -0.2) is 19.7 Å². The number of hydrogen-bond acceptors (Lipinski definition) is 5. The number of benzene rings is 1. The summed E-state index contributed by atoms with van der Waals surface area (Å²) in [5.74, 6) is 0. The summed E-state index contributed by atoms with van der Waals surface area (Å²) in [7, 11) is -3.23. The maximum absolute atomic E-state index is 11.1. The van der Waals surface area contributed by atoms with Gasteiger partial charge in [0, 0.05) is 6.26 Å². The van der Waals surface area contributed by atoms with Crippen LogP contribution in [0.1, 0.15) is 0 Å². The monoisotopic (exact) mass is 231 g/mol. The van der Waals surface area contributed by atoms with Gasteiger partial charge < -0.3 is 0 Å². The van der Waals surface area contributed by atoms with E-state index in [2.05, 4.69) is 5.43 Å². The predicted octanol–water partition coefficient (Wildman–Crippen LogP) is 0.198. The zero-order valence-corrected chi connectivity index (χ0v) is 8.61. The number of rotatable bonds is 4. The molecule has 0 aliphatic rings. The van der Waals surface area contributed by atoms with Crippen molar-refractivity contribution < 1.29 is 13.5 Å². The van der Waals surface area contributed by atoms with Gasteiger partial charge in [0.15, 0.2) is 14.9 Å². The molecule has 1 aromatic carbocycles. The Kier molecular flexibility index (Phi) is 3.10. The number of anilines is 1. The summed E-state index contributed by atoms with van der Waals surface area (Å²) in [6, 6.07) is 5.57. The molecule has 0 heterocycles. The van der Waals surface area contributed by atoms with Crippen LogP contribution in [0.2, 0.25) is 0 Å². The lowest BCUT2D eigenvalue weighted by atomic mass is 10.3.